The van der Waals surface area contributed by atoms with Gasteiger partial charge in [-0.2, -0.15) is 0 Å². The normalized spacial score (nSPS) is 14.9. The molecular weight excluding hydrogens is 228 g/mol. The Morgan fingerprint density at radius 1 is 1.17 bits per heavy atom. The van der Waals surface area contributed by atoms with E-state index in [1.165, 1.54) is 0 Å². The molecule has 4 N–H and O–H groups in total. The highest BCUT2D eigenvalue weighted by atomic mass is 16.3. The molecule has 4 heteroatoms. The molecule has 0 aromatic heterocycles. The van der Waals surface area contributed by atoms with Crippen LogP contribution in [0.15, 0.2) is 0 Å². The van der Waals surface area contributed by atoms with Crippen LogP contribution in [-0.2, 0) is 4.79 Å². The number of amides is 1. The number of aliphatic hydroxyl groups is 1. The fourth-order valence-electron chi connectivity index (χ4n) is 2.23. The van der Waals surface area contributed by atoms with E-state index in [1.54, 1.807) is 0 Å². The third kappa shape index (κ3) is 8.48. The fraction of sp³-hybridized carbons (Fsp3) is 0.929. The average molecular weight is 258 g/mol. The lowest BCUT2D eigenvalue weighted by atomic mass is 9.93. The zero-order valence-corrected chi connectivity index (χ0v) is 12.3. The highest BCUT2D eigenvalue weighted by molar-refractivity contribution is 5.76. The molecule has 2 atom stereocenters. The van der Waals surface area contributed by atoms with E-state index in [2.05, 4.69) is 33.0 Å². The second-order valence-corrected chi connectivity index (χ2v) is 6.01. The molecule has 4 nitrogen and oxygen atoms in total. The van der Waals surface area contributed by atoms with Gasteiger partial charge in [0, 0.05) is 6.42 Å². The van der Waals surface area contributed by atoms with Gasteiger partial charge in [-0.1, -0.05) is 27.7 Å². The monoisotopic (exact) mass is 258 g/mol. The zero-order chi connectivity index (χ0) is 14.1. The molecule has 0 saturated carbocycles. The molecule has 0 spiro atoms. The van der Waals surface area contributed by atoms with Gasteiger partial charge < -0.3 is 16.2 Å². The molecule has 0 radical (unpaired) electrons. The number of nitrogens with one attached hydrogen (secondary N) is 1. The Hall–Kier alpha value is -0.610. The second kappa shape index (κ2) is 9.34. The maximum absolute atomic E-state index is 11.9. The largest absolute Gasteiger partial charge is 0.394 e. The molecule has 0 aromatic carbocycles. The first-order valence-corrected chi connectivity index (χ1v) is 6.99. The van der Waals surface area contributed by atoms with E-state index >= 15 is 0 Å². The molecule has 1 amide bonds. The van der Waals surface area contributed by atoms with Crippen LogP contribution in [-0.4, -0.2) is 30.2 Å². The predicted molar refractivity (Wildman–Crippen MR) is 75.1 cm³/mol. The van der Waals surface area contributed by atoms with Gasteiger partial charge in [0.25, 0.3) is 0 Å². The molecular formula is C14H30N2O2. The smallest absolute Gasteiger partial charge is 0.220 e. The molecule has 0 saturated heterocycles. The number of carbonyl (C=O) groups is 1. The first-order chi connectivity index (χ1) is 8.38. The molecule has 0 aromatic rings. The number of aliphatic hydroxyl groups excluding tert-OH is 1. The first-order valence-electron chi connectivity index (χ1n) is 6.99. The summed E-state index contributed by atoms with van der Waals surface area (Å²) in [5.41, 5.74) is 5.68. The van der Waals surface area contributed by atoms with Crippen molar-refractivity contribution in [2.45, 2.75) is 53.0 Å². The SMILES string of the molecule is CC(C)CC(CN)CC(=O)NC(CO)CC(C)C. The third-order valence-corrected chi connectivity index (χ3v) is 2.95. The zero-order valence-electron chi connectivity index (χ0n) is 12.3. The Balaban J connectivity index is 4.13. The molecule has 2 unspecified atom stereocenters. The molecule has 0 aliphatic carbocycles. The topological polar surface area (TPSA) is 75.4 Å². The van der Waals surface area contributed by atoms with Crippen molar-refractivity contribution in [3.8, 4) is 0 Å². The van der Waals surface area contributed by atoms with Crippen molar-refractivity contribution in [3.05, 3.63) is 0 Å². The van der Waals surface area contributed by atoms with E-state index in [0.717, 1.165) is 12.8 Å². The lowest BCUT2D eigenvalue weighted by Crippen LogP contribution is -2.39. The van der Waals surface area contributed by atoms with Gasteiger partial charge >= 0.3 is 0 Å². The maximum Gasteiger partial charge on any atom is 0.220 e. The van der Waals surface area contributed by atoms with E-state index in [0.29, 0.717) is 24.8 Å². The Labute approximate surface area is 111 Å². The van der Waals surface area contributed by atoms with Crippen LogP contribution in [0.2, 0.25) is 0 Å². The summed E-state index contributed by atoms with van der Waals surface area (Å²) in [6.07, 6.45) is 2.24. The van der Waals surface area contributed by atoms with Crippen LogP contribution >= 0.6 is 0 Å². The number of rotatable bonds is 9. The third-order valence-electron chi connectivity index (χ3n) is 2.95. The fourth-order valence-corrected chi connectivity index (χ4v) is 2.23. The highest BCUT2D eigenvalue weighted by Gasteiger charge is 2.17. The summed E-state index contributed by atoms with van der Waals surface area (Å²) >= 11 is 0. The minimum Gasteiger partial charge on any atom is -0.394 e. The molecule has 0 fully saturated rings. The van der Waals surface area contributed by atoms with Crippen LogP contribution in [0.3, 0.4) is 0 Å². The summed E-state index contributed by atoms with van der Waals surface area (Å²) in [5.74, 6) is 1.26. The minimum atomic E-state index is -0.130. The van der Waals surface area contributed by atoms with Gasteiger partial charge in [0.15, 0.2) is 0 Å². The van der Waals surface area contributed by atoms with Crippen molar-refractivity contribution >= 4 is 5.91 Å². The van der Waals surface area contributed by atoms with Gasteiger partial charge in [0.05, 0.1) is 12.6 Å². The van der Waals surface area contributed by atoms with Crippen molar-refractivity contribution < 1.29 is 9.90 Å². The number of carbonyl (C=O) groups excluding carboxylic acids is 1. The lowest BCUT2D eigenvalue weighted by Gasteiger charge is -2.21. The van der Waals surface area contributed by atoms with E-state index in [1.807, 2.05) is 0 Å². The molecule has 0 bridgehead atoms. The summed E-state index contributed by atoms with van der Waals surface area (Å²) in [6, 6.07) is -0.130. The summed E-state index contributed by atoms with van der Waals surface area (Å²) < 4.78 is 0. The van der Waals surface area contributed by atoms with E-state index in [9.17, 15) is 9.90 Å². The summed E-state index contributed by atoms with van der Waals surface area (Å²) in [7, 11) is 0. The number of hydrogen-bond donors (Lipinski definition) is 3. The van der Waals surface area contributed by atoms with E-state index < -0.39 is 0 Å². The van der Waals surface area contributed by atoms with Gasteiger partial charge in [-0.05, 0) is 37.1 Å². The van der Waals surface area contributed by atoms with Crippen molar-refractivity contribution in [2.75, 3.05) is 13.2 Å². The average Bonchev–Trinajstić information content (AvgIpc) is 2.25. The first kappa shape index (κ1) is 17.4. The lowest BCUT2D eigenvalue weighted by molar-refractivity contribution is -0.123. The van der Waals surface area contributed by atoms with E-state index in [4.69, 9.17) is 5.73 Å². The van der Waals surface area contributed by atoms with Gasteiger partial charge in [-0.3, -0.25) is 4.79 Å². The van der Waals surface area contributed by atoms with Crippen LogP contribution in [0, 0.1) is 17.8 Å². The summed E-state index contributed by atoms with van der Waals surface area (Å²) in [4.78, 5) is 11.9. The van der Waals surface area contributed by atoms with Gasteiger partial charge in [0.2, 0.25) is 5.91 Å². The van der Waals surface area contributed by atoms with Crippen LogP contribution in [0.1, 0.15) is 47.0 Å². The number of hydrogen-bond acceptors (Lipinski definition) is 3. The number of nitrogens with two attached hydrogens (primary N) is 1. The van der Waals surface area contributed by atoms with Crippen molar-refractivity contribution in [2.24, 2.45) is 23.5 Å². The van der Waals surface area contributed by atoms with Crippen LogP contribution in [0.4, 0.5) is 0 Å². The van der Waals surface area contributed by atoms with Gasteiger partial charge in [-0.25, -0.2) is 0 Å². The van der Waals surface area contributed by atoms with Crippen LogP contribution < -0.4 is 11.1 Å². The Kier molecular flexibility index (Phi) is 9.02. The molecule has 108 valence electrons. The minimum absolute atomic E-state index is 0.00138. The van der Waals surface area contributed by atoms with Crippen LogP contribution in [0.5, 0.6) is 0 Å². The van der Waals surface area contributed by atoms with Crippen LogP contribution in [0.25, 0.3) is 0 Å². The summed E-state index contributed by atoms with van der Waals surface area (Å²) in [5, 5.41) is 12.1. The van der Waals surface area contributed by atoms with Gasteiger partial charge in [0.1, 0.15) is 0 Å². The molecule has 0 aliphatic heterocycles. The van der Waals surface area contributed by atoms with Crippen molar-refractivity contribution in [1.82, 2.24) is 5.32 Å². The molecule has 0 heterocycles. The van der Waals surface area contributed by atoms with E-state index in [-0.39, 0.29) is 24.5 Å². The Morgan fingerprint density at radius 3 is 2.11 bits per heavy atom. The molecule has 18 heavy (non-hydrogen) atoms. The van der Waals surface area contributed by atoms with Crippen molar-refractivity contribution in [3.63, 3.8) is 0 Å². The molecule has 0 aliphatic rings. The predicted octanol–water partition coefficient (Wildman–Crippen LogP) is 1.52. The summed E-state index contributed by atoms with van der Waals surface area (Å²) in [6.45, 7) is 8.97. The van der Waals surface area contributed by atoms with Gasteiger partial charge in [-0.15, -0.1) is 0 Å². The molecule has 0 rings (SSSR count). The second-order valence-electron chi connectivity index (χ2n) is 6.01. The highest BCUT2D eigenvalue weighted by Crippen LogP contribution is 2.14. The Morgan fingerprint density at radius 2 is 1.72 bits per heavy atom. The maximum atomic E-state index is 11.9. The standard InChI is InChI=1S/C14H30N2O2/c1-10(2)5-12(8-15)7-14(18)16-13(9-17)6-11(3)4/h10-13,17H,5-9,15H2,1-4H3,(H,16,18). The Bertz CT molecular complexity index is 208. The quantitative estimate of drug-likeness (QED) is 0.587. The van der Waals surface area contributed by atoms with Crippen molar-refractivity contribution in [1.29, 1.82) is 0 Å².